The van der Waals surface area contributed by atoms with E-state index in [1.165, 1.54) is 0 Å². The smallest absolute Gasteiger partial charge is 0.307 e. The van der Waals surface area contributed by atoms with E-state index in [-0.39, 0.29) is 5.92 Å². The minimum absolute atomic E-state index is 0.0887. The highest BCUT2D eigenvalue weighted by atomic mass is 16.4. The minimum Gasteiger partial charge on any atom is -0.481 e. The third-order valence-corrected chi connectivity index (χ3v) is 3.05. The summed E-state index contributed by atoms with van der Waals surface area (Å²) in [6, 6.07) is 0. The molecule has 2 N–H and O–H groups in total. The highest BCUT2D eigenvalue weighted by Gasteiger charge is 2.33. The van der Waals surface area contributed by atoms with Gasteiger partial charge in [0.1, 0.15) is 0 Å². The van der Waals surface area contributed by atoms with Gasteiger partial charge in [-0.3, -0.25) is 4.79 Å². The third-order valence-electron chi connectivity index (χ3n) is 3.05. The molecule has 0 bridgehead atoms. The number of aliphatic carboxylic acids is 1. The standard InChI is InChI=1S/C11H18O3/c1-3-7-5-8(4-2)10(12)6-9(7)11(13)14/h5,7,9-10,12H,3-4,6H2,1-2H3,(H,13,14). The van der Waals surface area contributed by atoms with E-state index >= 15 is 0 Å². The van der Waals surface area contributed by atoms with Crippen molar-refractivity contribution < 1.29 is 15.0 Å². The first-order chi connectivity index (χ1) is 6.60. The molecule has 0 saturated carbocycles. The zero-order chi connectivity index (χ0) is 10.7. The van der Waals surface area contributed by atoms with Crippen LogP contribution in [0.2, 0.25) is 0 Å². The second kappa shape index (κ2) is 4.60. The molecule has 0 radical (unpaired) electrons. The molecule has 0 fully saturated rings. The van der Waals surface area contributed by atoms with E-state index in [1.807, 2.05) is 19.9 Å². The molecule has 0 aromatic carbocycles. The van der Waals surface area contributed by atoms with Gasteiger partial charge in [-0.25, -0.2) is 0 Å². The first-order valence-electron chi connectivity index (χ1n) is 5.21. The van der Waals surface area contributed by atoms with Gasteiger partial charge in [-0.05, 0) is 30.8 Å². The molecule has 3 atom stereocenters. The van der Waals surface area contributed by atoms with E-state index in [0.29, 0.717) is 6.42 Å². The molecule has 3 nitrogen and oxygen atoms in total. The summed E-state index contributed by atoms with van der Waals surface area (Å²) in [7, 11) is 0. The number of hydrogen-bond acceptors (Lipinski definition) is 2. The Hall–Kier alpha value is -0.830. The lowest BCUT2D eigenvalue weighted by Gasteiger charge is -2.30. The van der Waals surface area contributed by atoms with Gasteiger partial charge in [-0.1, -0.05) is 19.9 Å². The Labute approximate surface area is 84.4 Å². The topological polar surface area (TPSA) is 57.5 Å². The fraction of sp³-hybridized carbons (Fsp3) is 0.727. The third kappa shape index (κ3) is 2.15. The van der Waals surface area contributed by atoms with Gasteiger partial charge in [0.05, 0.1) is 12.0 Å². The van der Waals surface area contributed by atoms with Crippen molar-refractivity contribution in [3.63, 3.8) is 0 Å². The van der Waals surface area contributed by atoms with Gasteiger partial charge in [0.25, 0.3) is 0 Å². The van der Waals surface area contributed by atoms with Crippen molar-refractivity contribution in [1.29, 1.82) is 0 Å². The normalized spacial score (nSPS) is 32.5. The number of hydrogen-bond donors (Lipinski definition) is 2. The first-order valence-corrected chi connectivity index (χ1v) is 5.21. The second-order valence-corrected chi connectivity index (χ2v) is 3.86. The number of carbonyl (C=O) groups is 1. The Morgan fingerprint density at radius 2 is 2.21 bits per heavy atom. The zero-order valence-electron chi connectivity index (χ0n) is 8.73. The minimum atomic E-state index is -0.790. The molecule has 14 heavy (non-hydrogen) atoms. The van der Waals surface area contributed by atoms with Gasteiger partial charge in [0, 0.05) is 0 Å². The molecule has 0 aromatic heterocycles. The van der Waals surface area contributed by atoms with Crippen molar-refractivity contribution >= 4 is 5.97 Å². The molecule has 80 valence electrons. The lowest BCUT2D eigenvalue weighted by atomic mass is 9.77. The van der Waals surface area contributed by atoms with Crippen LogP contribution < -0.4 is 0 Å². The van der Waals surface area contributed by atoms with Crippen molar-refractivity contribution in [3.05, 3.63) is 11.6 Å². The molecule has 1 rings (SSSR count). The molecule has 0 aromatic rings. The molecule has 0 heterocycles. The van der Waals surface area contributed by atoms with Crippen molar-refractivity contribution in [1.82, 2.24) is 0 Å². The van der Waals surface area contributed by atoms with Crippen LogP contribution in [0.1, 0.15) is 33.1 Å². The van der Waals surface area contributed by atoms with Crippen LogP contribution in [0.3, 0.4) is 0 Å². The fourth-order valence-electron chi connectivity index (χ4n) is 2.11. The number of aliphatic hydroxyl groups excluding tert-OH is 1. The Morgan fingerprint density at radius 3 is 2.64 bits per heavy atom. The summed E-state index contributed by atoms with van der Waals surface area (Å²) in [6.45, 7) is 3.98. The van der Waals surface area contributed by atoms with E-state index in [4.69, 9.17) is 5.11 Å². The average molecular weight is 198 g/mol. The highest BCUT2D eigenvalue weighted by molar-refractivity contribution is 5.71. The average Bonchev–Trinajstić information content (AvgIpc) is 2.17. The van der Waals surface area contributed by atoms with Crippen molar-refractivity contribution in [3.8, 4) is 0 Å². The summed E-state index contributed by atoms with van der Waals surface area (Å²) < 4.78 is 0. The van der Waals surface area contributed by atoms with Crippen molar-refractivity contribution in [2.24, 2.45) is 11.8 Å². The predicted molar refractivity (Wildman–Crippen MR) is 53.9 cm³/mol. The molecule has 0 aliphatic heterocycles. The number of rotatable bonds is 3. The molecule has 0 saturated heterocycles. The maximum absolute atomic E-state index is 10.9. The molecule has 1 aliphatic carbocycles. The maximum atomic E-state index is 10.9. The van der Waals surface area contributed by atoms with E-state index in [9.17, 15) is 9.90 Å². The van der Waals surface area contributed by atoms with Gasteiger partial charge < -0.3 is 10.2 Å². The van der Waals surface area contributed by atoms with Crippen LogP contribution in [0.15, 0.2) is 11.6 Å². The Kier molecular flexibility index (Phi) is 3.69. The largest absolute Gasteiger partial charge is 0.481 e. The van der Waals surface area contributed by atoms with Crippen LogP contribution in [-0.4, -0.2) is 22.3 Å². The molecular formula is C11H18O3. The van der Waals surface area contributed by atoms with Gasteiger partial charge in [-0.2, -0.15) is 0 Å². The SMILES string of the molecule is CCC1=CC(CC)C(C(=O)O)CC1O. The molecule has 0 spiro atoms. The highest BCUT2D eigenvalue weighted by Crippen LogP contribution is 2.32. The maximum Gasteiger partial charge on any atom is 0.307 e. The zero-order valence-corrected chi connectivity index (χ0v) is 8.73. The quantitative estimate of drug-likeness (QED) is 0.680. The lowest BCUT2D eigenvalue weighted by molar-refractivity contribution is -0.144. The van der Waals surface area contributed by atoms with Crippen molar-refractivity contribution in [2.75, 3.05) is 0 Å². The molecule has 1 aliphatic rings. The summed E-state index contributed by atoms with van der Waals surface area (Å²) in [5.41, 5.74) is 0.995. The summed E-state index contributed by atoms with van der Waals surface area (Å²) in [6.07, 6.45) is 3.40. The summed E-state index contributed by atoms with van der Waals surface area (Å²) in [5, 5.41) is 18.6. The van der Waals surface area contributed by atoms with Gasteiger partial charge in [-0.15, -0.1) is 0 Å². The molecule has 3 unspecified atom stereocenters. The van der Waals surface area contributed by atoms with E-state index in [2.05, 4.69) is 0 Å². The number of carboxylic acid groups (broad SMARTS) is 1. The van der Waals surface area contributed by atoms with Crippen LogP contribution in [0.25, 0.3) is 0 Å². The fourth-order valence-corrected chi connectivity index (χ4v) is 2.11. The molecule has 3 heteroatoms. The van der Waals surface area contributed by atoms with Gasteiger partial charge >= 0.3 is 5.97 Å². The van der Waals surface area contributed by atoms with E-state index < -0.39 is 18.0 Å². The predicted octanol–water partition coefficient (Wildman–Crippen LogP) is 1.81. The first kappa shape index (κ1) is 11.2. The van der Waals surface area contributed by atoms with Gasteiger partial charge in [0.15, 0.2) is 0 Å². The van der Waals surface area contributed by atoms with Crippen molar-refractivity contribution in [2.45, 2.75) is 39.2 Å². The van der Waals surface area contributed by atoms with Crippen LogP contribution in [0, 0.1) is 11.8 Å². The molecular weight excluding hydrogens is 180 g/mol. The monoisotopic (exact) mass is 198 g/mol. The number of carboxylic acids is 1. The van der Waals surface area contributed by atoms with Crippen LogP contribution in [-0.2, 0) is 4.79 Å². The number of allylic oxidation sites excluding steroid dienone is 1. The Balaban J connectivity index is 2.86. The Morgan fingerprint density at radius 1 is 1.57 bits per heavy atom. The summed E-state index contributed by atoms with van der Waals surface area (Å²) >= 11 is 0. The van der Waals surface area contributed by atoms with Crippen LogP contribution in [0.5, 0.6) is 0 Å². The summed E-state index contributed by atoms with van der Waals surface area (Å²) in [5.74, 6) is -1.11. The van der Waals surface area contributed by atoms with Gasteiger partial charge in [0.2, 0.25) is 0 Å². The van der Waals surface area contributed by atoms with E-state index in [1.54, 1.807) is 0 Å². The number of aliphatic hydroxyl groups is 1. The van der Waals surface area contributed by atoms with E-state index in [0.717, 1.165) is 18.4 Å². The summed E-state index contributed by atoms with van der Waals surface area (Å²) in [4.78, 5) is 10.9. The van der Waals surface area contributed by atoms with Crippen LogP contribution in [0.4, 0.5) is 0 Å². The van der Waals surface area contributed by atoms with Crippen LogP contribution >= 0.6 is 0 Å². The lowest BCUT2D eigenvalue weighted by Crippen LogP contribution is -2.32. The second-order valence-electron chi connectivity index (χ2n) is 3.86. The molecule has 0 amide bonds. The Bertz CT molecular complexity index is 245.